The Hall–Kier alpha value is -1.92. The molecule has 0 aliphatic carbocycles. The minimum atomic E-state index is -3.26. The van der Waals surface area contributed by atoms with E-state index in [2.05, 4.69) is 15.9 Å². The van der Waals surface area contributed by atoms with E-state index in [-0.39, 0.29) is 11.7 Å². The van der Waals surface area contributed by atoms with E-state index in [0.717, 1.165) is 4.47 Å². The molecular weight excluding hydrogens is 378 g/mol. The van der Waals surface area contributed by atoms with Crippen LogP contribution in [0, 0.1) is 0 Å². The fourth-order valence-corrected chi connectivity index (χ4v) is 4.18. The average molecular weight is 392 g/mol. The molecule has 1 amide bonds. The van der Waals surface area contributed by atoms with Crippen LogP contribution in [0.2, 0.25) is 0 Å². The number of benzene rings is 2. The Morgan fingerprint density at radius 1 is 1.09 bits per heavy atom. The number of anilines is 1. The van der Waals surface area contributed by atoms with Gasteiger partial charge in [0.1, 0.15) is 0 Å². The van der Waals surface area contributed by atoms with Crippen LogP contribution in [0.1, 0.15) is 10.4 Å². The van der Waals surface area contributed by atoms with E-state index in [1.807, 2.05) is 18.2 Å². The number of hydrogen-bond acceptors (Lipinski definition) is 3. The van der Waals surface area contributed by atoms with Crippen molar-refractivity contribution in [3.05, 3.63) is 76.1 Å². The Bertz CT molecular complexity index is 862. The molecule has 3 rings (SSSR count). The second-order valence-electron chi connectivity index (χ2n) is 5.25. The maximum atomic E-state index is 12.9. The monoisotopic (exact) mass is 391 g/mol. The van der Waals surface area contributed by atoms with Crippen LogP contribution in [0.3, 0.4) is 0 Å². The quantitative estimate of drug-likeness (QED) is 0.805. The number of rotatable bonds is 3. The van der Waals surface area contributed by atoms with Crippen LogP contribution in [0.4, 0.5) is 5.69 Å². The molecular formula is C17H14BrNO3S. The lowest BCUT2D eigenvalue weighted by Crippen LogP contribution is -2.41. The van der Waals surface area contributed by atoms with Crippen LogP contribution in [-0.4, -0.2) is 26.1 Å². The zero-order chi connectivity index (χ0) is 16.4. The minimum absolute atomic E-state index is 0.0991. The standard InChI is InChI=1S/C17H14BrNO3S/c18-14-7-4-8-15(11-14)19(16-9-10-23(21,22)12-16)17(20)13-5-2-1-3-6-13/h1-11,16H,12H2. The molecule has 0 aromatic heterocycles. The lowest BCUT2D eigenvalue weighted by Gasteiger charge is -2.28. The number of carbonyl (C=O) groups excluding carboxylic acids is 1. The molecule has 1 heterocycles. The molecule has 6 heteroatoms. The van der Waals surface area contributed by atoms with E-state index < -0.39 is 15.9 Å². The molecule has 2 aromatic rings. The molecule has 0 fully saturated rings. The molecule has 2 aromatic carbocycles. The van der Waals surface area contributed by atoms with Crippen molar-refractivity contribution >= 4 is 37.4 Å². The van der Waals surface area contributed by atoms with Crippen LogP contribution >= 0.6 is 15.9 Å². The van der Waals surface area contributed by atoms with Crippen molar-refractivity contribution < 1.29 is 13.2 Å². The summed E-state index contributed by atoms with van der Waals surface area (Å²) in [6, 6.07) is 15.6. The number of halogens is 1. The van der Waals surface area contributed by atoms with Gasteiger partial charge in [-0.15, -0.1) is 0 Å². The van der Waals surface area contributed by atoms with E-state index in [1.54, 1.807) is 42.5 Å². The highest BCUT2D eigenvalue weighted by atomic mass is 79.9. The molecule has 4 nitrogen and oxygen atoms in total. The van der Waals surface area contributed by atoms with Crippen molar-refractivity contribution in [3.63, 3.8) is 0 Å². The largest absolute Gasteiger partial charge is 0.300 e. The Labute approximate surface area is 143 Å². The molecule has 0 spiro atoms. The van der Waals surface area contributed by atoms with Gasteiger partial charge in [0.25, 0.3) is 5.91 Å². The Balaban J connectivity index is 2.04. The van der Waals surface area contributed by atoms with Crippen LogP contribution in [0.25, 0.3) is 0 Å². The Morgan fingerprint density at radius 3 is 2.43 bits per heavy atom. The van der Waals surface area contributed by atoms with Crippen molar-refractivity contribution in [1.29, 1.82) is 0 Å². The lowest BCUT2D eigenvalue weighted by molar-refractivity contribution is 0.0983. The highest BCUT2D eigenvalue weighted by molar-refractivity contribution is 9.10. The number of sulfone groups is 1. The molecule has 0 saturated carbocycles. The summed E-state index contributed by atoms with van der Waals surface area (Å²) in [5, 5.41) is 1.18. The molecule has 0 N–H and O–H groups in total. The summed E-state index contributed by atoms with van der Waals surface area (Å²) in [5.74, 6) is -0.326. The van der Waals surface area contributed by atoms with Crippen molar-refractivity contribution in [3.8, 4) is 0 Å². The number of hydrogen-bond donors (Lipinski definition) is 0. The number of nitrogens with zero attached hydrogens (tertiary/aromatic N) is 1. The third kappa shape index (κ3) is 3.54. The predicted octanol–water partition coefficient (Wildman–Crippen LogP) is 3.41. The average Bonchev–Trinajstić information content (AvgIpc) is 2.88. The van der Waals surface area contributed by atoms with Gasteiger partial charge in [-0.1, -0.05) is 40.2 Å². The van der Waals surface area contributed by atoms with E-state index in [9.17, 15) is 13.2 Å². The predicted molar refractivity (Wildman–Crippen MR) is 94.1 cm³/mol. The zero-order valence-corrected chi connectivity index (χ0v) is 14.5. The highest BCUT2D eigenvalue weighted by Gasteiger charge is 2.32. The van der Waals surface area contributed by atoms with Crippen LogP contribution in [-0.2, 0) is 9.84 Å². The first-order chi connectivity index (χ1) is 11.0. The van der Waals surface area contributed by atoms with Crippen molar-refractivity contribution in [2.75, 3.05) is 10.7 Å². The van der Waals surface area contributed by atoms with Gasteiger partial charge < -0.3 is 4.90 Å². The van der Waals surface area contributed by atoms with E-state index in [4.69, 9.17) is 0 Å². The summed E-state index contributed by atoms with van der Waals surface area (Å²) < 4.78 is 24.4. The minimum Gasteiger partial charge on any atom is -0.300 e. The fourth-order valence-electron chi connectivity index (χ4n) is 2.53. The summed E-state index contributed by atoms with van der Waals surface area (Å²) in [5.41, 5.74) is 1.17. The fraction of sp³-hybridized carbons (Fsp3) is 0.118. The van der Waals surface area contributed by atoms with Crippen molar-refractivity contribution in [2.45, 2.75) is 6.04 Å². The summed E-state index contributed by atoms with van der Waals surface area (Å²) in [4.78, 5) is 14.5. The van der Waals surface area contributed by atoms with E-state index >= 15 is 0 Å². The van der Waals surface area contributed by atoms with Gasteiger partial charge in [0, 0.05) is 21.1 Å². The maximum absolute atomic E-state index is 12.9. The Morgan fingerprint density at radius 2 is 1.83 bits per heavy atom. The van der Waals surface area contributed by atoms with Gasteiger partial charge in [0.05, 0.1) is 11.8 Å². The third-order valence-corrected chi connectivity index (χ3v) is 5.44. The molecule has 1 aliphatic heterocycles. The van der Waals surface area contributed by atoms with Crippen molar-refractivity contribution in [1.82, 2.24) is 0 Å². The van der Waals surface area contributed by atoms with Crippen molar-refractivity contribution in [2.24, 2.45) is 0 Å². The topological polar surface area (TPSA) is 54.5 Å². The summed E-state index contributed by atoms with van der Waals surface area (Å²) in [6.07, 6.45) is 1.57. The first kappa shape index (κ1) is 16.0. The first-order valence-corrected chi connectivity index (χ1v) is 9.52. The van der Waals surface area contributed by atoms with Gasteiger partial charge in [-0.25, -0.2) is 8.42 Å². The summed E-state index contributed by atoms with van der Waals surface area (Å²) in [7, 11) is -3.26. The van der Waals surface area contributed by atoms with Crippen LogP contribution < -0.4 is 4.90 Å². The zero-order valence-electron chi connectivity index (χ0n) is 12.1. The van der Waals surface area contributed by atoms with Crippen LogP contribution in [0.5, 0.6) is 0 Å². The van der Waals surface area contributed by atoms with E-state index in [0.29, 0.717) is 11.3 Å². The lowest BCUT2D eigenvalue weighted by atomic mass is 10.1. The molecule has 23 heavy (non-hydrogen) atoms. The molecule has 1 atom stereocenters. The summed E-state index contributed by atoms with van der Waals surface area (Å²) >= 11 is 3.39. The number of carbonyl (C=O) groups is 1. The molecule has 0 bridgehead atoms. The first-order valence-electron chi connectivity index (χ1n) is 7.01. The summed E-state index contributed by atoms with van der Waals surface area (Å²) in [6.45, 7) is 0. The van der Waals surface area contributed by atoms with Gasteiger partial charge in [-0.2, -0.15) is 0 Å². The molecule has 118 valence electrons. The van der Waals surface area contributed by atoms with Gasteiger partial charge >= 0.3 is 0 Å². The third-order valence-electron chi connectivity index (χ3n) is 3.57. The molecule has 0 radical (unpaired) electrons. The van der Waals surface area contributed by atoms with E-state index in [1.165, 1.54) is 10.3 Å². The Kier molecular flexibility index (Phi) is 4.37. The maximum Gasteiger partial charge on any atom is 0.258 e. The van der Waals surface area contributed by atoms with Gasteiger partial charge in [0.2, 0.25) is 0 Å². The molecule has 1 unspecified atom stereocenters. The smallest absolute Gasteiger partial charge is 0.258 e. The van der Waals surface area contributed by atoms with Gasteiger partial charge in [-0.05, 0) is 36.4 Å². The molecule has 0 saturated heterocycles. The van der Waals surface area contributed by atoms with Gasteiger partial charge in [0.15, 0.2) is 9.84 Å². The number of amides is 1. The molecule has 1 aliphatic rings. The second kappa shape index (κ2) is 6.29. The van der Waals surface area contributed by atoms with Crippen LogP contribution in [0.15, 0.2) is 70.6 Å². The SMILES string of the molecule is O=C(c1ccccc1)N(c1cccc(Br)c1)C1C=CS(=O)(=O)C1. The highest BCUT2D eigenvalue weighted by Crippen LogP contribution is 2.27. The second-order valence-corrected chi connectivity index (χ2v) is 8.09. The van der Waals surface area contributed by atoms with Gasteiger partial charge in [-0.3, -0.25) is 4.79 Å². The normalized spacial score (nSPS) is 18.7.